The van der Waals surface area contributed by atoms with E-state index in [0.717, 1.165) is 44.8 Å². The standard InChI is InChI=1S/C30H25IN4O/c1-19-13-14-24(16-27(19)31)35-20(2)15-23(21(35)3)18-32-34-30(36)26-17-29(22-9-5-4-6-10-22)33-28-12-8-7-11-25(26)28/h4-18H,1-3H3,(H,34,36)/b32-18-. The molecule has 0 fully saturated rings. The average molecular weight is 584 g/mol. The maximum absolute atomic E-state index is 13.2. The number of hydrogen-bond donors (Lipinski definition) is 1. The van der Waals surface area contributed by atoms with Gasteiger partial charge in [-0.15, -0.1) is 0 Å². The van der Waals surface area contributed by atoms with Crippen molar-refractivity contribution >= 4 is 45.6 Å². The number of rotatable bonds is 5. The summed E-state index contributed by atoms with van der Waals surface area (Å²) in [6.07, 6.45) is 1.71. The van der Waals surface area contributed by atoms with Crippen molar-refractivity contribution in [1.82, 2.24) is 15.0 Å². The van der Waals surface area contributed by atoms with E-state index in [0.29, 0.717) is 5.56 Å². The fourth-order valence-electron chi connectivity index (χ4n) is 4.38. The molecule has 0 bridgehead atoms. The zero-order valence-corrected chi connectivity index (χ0v) is 22.4. The Bertz CT molecular complexity index is 1620. The number of benzene rings is 3. The van der Waals surface area contributed by atoms with Crippen LogP contribution in [0.15, 0.2) is 90.0 Å². The Morgan fingerprint density at radius 2 is 1.69 bits per heavy atom. The van der Waals surface area contributed by atoms with Crippen LogP contribution in [0.4, 0.5) is 0 Å². The number of aryl methyl sites for hydroxylation is 2. The zero-order valence-electron chi connectivity index (χ0n) is 20.3. The minimum atomic E-state index is -0.274. The lowest BCUT2D eigenvalue weighted by molar-refractivity contribution is 0.0956. The van der Waals surface area contributed by atoms with Crippen molar-refractivity contribution in [1.29, 1.82) is 0 Å². The van der Waals surface area contributed by atoms with Crippen LogP contribution >= 0.6 is 22.6 Å². The highest BCUT2D eigenvalue weighted by molar-refractivity contribution is 14.1. The molecule has 178 valence electrons. The average Bonchev–Trinajstić information content (AvgIpc) is 3.18. The number of hydrazone groups is 1. The van der Waals surface area contributed by atoms with E-state index < -0.39 is 0 Å². The van der Waals surface area contributed by atoms with Crippen LogP contribution in [0.3, 0.4) is 0 Å². The number of fused-ring (bicyclic) bond motifs is 1. The number of aromatic nitrogens is 2. The normalized spacial score (nSPS) is 11.3. The Labute approximate surface area is 224 Å². The van der Waals surface area contributed by atoms with E-state index in [4.69, 9.17) is 4.98 Å². The third-order valence-electron chi connectivity index (χ3n) is 6.28. The lowest BCUT2D eigenvalue weighted by atomic mass is 10.0. The molecule has 0 atom stereocenters. The molecule has 2 heterocycles. The summed E-state index contributed by atoms with van der Waals surface area (Å²) >= 11 is 2.36. The highest BCUT2D eigenvalue weighted by Gasteiger charge is 2.14. The van der Waals surface area contributed by atoms with E-state index in [-0.39, 0.29) is 5.91 Å². The molecule has 0 radical (unpaired) electrons. The first kappa shape index (κ1) is 23.9. The molecule has 0 aliphatic carbocycles. The van der Waals surface area contributed by atoms with E-state index in [1.165, 1.54) is 9.13 Å². The van der Waals surface area contributed by atoms with Crippen LogP contribution in [0.2, 0.25) is 0 Å². The Morgan fingerprint density at radius 3 is 2.47 bits per heavy atom. The molecule has 0 saturated carbocycles. The molecule has 0 spiro atoms. The number of hydrogen-bond acceptors (Lipinski definition) is 3. The van der Waals surface area contributed by atoms with E-state index in [1.54, 1.807) is 6.21 Å². The molecular formula is C30H25IN4O. The summed E-state index contributed by atoms with van der Waals surface area (Å²) in [5, 5.41) is 5.10. The van der Waals surface area contributed by atoms with E-state index in [9.17, 15) is 4.79 Å². The molecule has 0 unspecified atom stereocenters. The van der Waals surface area contributed by atoms with Crippen LogP contribution < -0.4 is 5.43 Å². The van der Waals surface area contributed by atoms with Crippen molar-refractivity contribution in [3.05, 3.63) is 117 Å². The van der Waals surface area contributed by atoms with Crippen LogP contribution in [0, 0.1) is 24.3 Å². The number of carbonyl (C=O) groups excluding carboxylic acids is 1. The maximum Gasteiger partial charge on any atom is 0.272 e. The first-order valence-corrected chi connectivity index (χ1v) is 12.7. The van der Waals surface area contributed by atoms with Crippen LogP contribution in [-0.2, 0) is 0 Å². The summed E-state index contributed by atoms with van der Waals surface area (Å²) in [6, 6.07) is 27.9. The van der Waals surface area contributed by atoms with Gasteiger partial charge in [-0.1, -0.05) is 54.6 Å². The van der Waals surface area contributed by atoms with Crippen molar-refractivity contribution in [2.24, 2.45) is 5.10 Å². The van der Waals surface area contributed by atoms with E-state index in [2.05, 4.69) is 82.7 Å². The van der Waals surface area contributed by atoms with Crippen molar-refractivity contribution < 1.29 is 4.79 Å². The van der Waals surface area contributed by atoms with Crippen molar-refractivity contribution in [2.45, 2.75) is 20.8 Å². The molecular weight excluding hydrogens is 559 g/mol. The predicted octanol–water partition coefficient (Wildman–Crippen LogP) is 6.99. The second-order valence-corrected chi connectivity index (χ2v) is 9.89. The quantitative estimate of drug-likeness (QED) is 0.138. The Balaban J connectivity index is 1.43. The third-order valence-corrected chi connectivity index (χ3v) is 7.45. The molecule has 6 heteroatoms. The number of pyridine rings is 1. The predicted molar refractivity (Wildman–Crippen MR) is 155 cm³/mol. The van der Waals surface area contributed by atoms with Gasteiger partial charge >= 0.3 is 0 Å². The molecule has 0 aliphatic heterocycles. The number of carbonyl (C=O) groups is 1. The third kappa shape index (κ3) is 4.68. The molecule has 2 aromatic heterocycles. The fourth-order valence-corrected chi connectivity index (χ4v) is 4.88. The van der Waals surface area contributed by atoms with Gasteiger partial charge in [0.2, 0.25) is 0 Å². The summed E-state index contributed by atoms with van der Waals surface area (Å²) < 4.78 is 3.42. The van der Waals surface area contributed by atoms with Gasteiger partial charge in [0, 0.05) is 37.2 Å². The number of para-hydroxylation sites is 1. The summed E-state index contributed by atoms with van der Waals surface area (Å²) in [5.74, 6) is -0.274. The zero-order chi connectivity index (χ0) is 25.2. The van der Waals surface area contributed by atoms with Crippen molar-refractivity contribution in [3.8, 4) is 16.9 Å². The van der Waals surface area contributed by atoms with Gasteiger partial charge in [-0.25, -0.2) is 10.4 Å². The highest BCUT2D eigenvalue weighted by atomic mass is 127. The van der Waals surface area contributed by atoms with E-state index in [1.807, 2.05) is 60.7 Å². The Hall–Kier alpha value is -3.78. The van der Waals surface area contributed by atoms with Gasteiger partial charge < -0.3 is 4.57 Å². The molecule has 0 aliphatic rings. The molecule has 1 amide bonds. The molecule has 5 aromatic rings. The van der Waals surface area contributed by atoms with Gasteiger partial charge in [-0.2, -0.15) is 5.10 Å². The second kappa shape index (κ2) is 10.1. The van der Waals surface area contributed by atoms with Gasteiger partial charge in [0.05, 0.1) is 23.0 Å². The largest absolute Gasteiger partial charge is 0.318 e. The van der Waals surface area contributed by atoms with Crippen LogP contribution in [0.25, 0.3) is 27.8 Å². The molecule has 1 N–H and O–H groups in total. The van der Waals surface area contributed by atoms with Crippen LogP contribution in [0.5, 0.6) is 0 Å². The second-order valence-electron chi connectivity index (χ2n) is 8.73. The van der Waals surface area contributed by atoms with Crippen LogP contribution in [0.1, 0.15) is 32.9 Å². The summed E-state index contributed by atoms with van der Waals surface area (Å²) in [5.41, 5.74) is 11.2. The summed E-state index contributed by atoms with van der Waals surface area (Å²) in [7, 11) is 0. The van der Waals surface area contributed by atoms with Gasteiger partial charge in [0.1, 0.15) is 0 Å². The molecule has 5 rings (SSSR count). The van der Waals surface area contributed by atoms with Gasteiger partial charge in [-0.3, -0.25) is 4.79 Å². The van der Waals surface area contributed by atoms with Gasteiger partial charge in [0.25, 0.3) is 5.91 Å². The monoisotopic (exact) mass is 584 g/mol. The van der Waals surface area contributed by atoms with Crippen LogP contribution in [-0.4, -0.2) is 21.7 Å². The van der Waals surface area contributed by atoms with Crippen molar-refractivity contribution in [3.63, 3.8) is 0 Å². The topological polar surface area (TPSA) is 59.3 Å². The number of halogens is 1. The number of nitrogens with zero attached hydrogens (tertiary/aromatic N) is 3. The first-order valence-electron chi connectivity index (χ1n) is 11.7. The first-order chi connectivity index (χ1) is 17.4. The lowest BCUT2D eigenvalue weighted by Gasteiger charge is -2.11. The molecule has 0 saturated heterocycles. The van der Waals surface area contributed by atoms with E-state index >= 15 is 0 Å². The summed E-state index contributed by atoms with van der Waals surface area (Å²) in [4.78, 5) is 18.0. The molecule has 3 aromatic carbocycles. The molecule has 5 nitrogen and oxygen atoms in total. The number of nitrogens with one attached hydrogen (secondary N) is 1. The SMILES string of the molecule is Cc1ccc(-n2c(C)cc(/C=N\NC(=O)c3cc(-c4ccccc4)nc4ccccc34)c2C)cc1I. The molecule has 36 heavy (non-hydrogen) atoms. The Kier molecular flexibility index (Phi) is 6.69. The minimum Gasteiger partial charge on any atom is -0.318 e. The highest BCUT2D eigenvalue weighted by Crippen LogP contribution is 2.25. The van der Waals surface area contributed by atoms with Crippen molar-refractivity contribution in [2.75, 3.05) is 0 Å². The fraction of sp³-hybridized carbons (Fsp3) is 0.100. The number of amides is 1. The lowest BCUT2D eigenvalue weighted by Crippen LogP contribution is -2.18. The maximum atomic E-state index is 13.2. The minimum absolute atomic E-state index is 0.274. The summed E-state index contributed by atoms with van der Waals surface area (Å²) in [6.45, 7) is 6.24. The Morgan fingerprint density at radius 1 is 0.944 bits per heavy atom. The van der Waals surface area contributed by atoms with Gasteiger partial charge in [0.15, 0.2) is 0 Å². The smallest absolute Gasteiger partial charge is 0.272 e. The van der Waals surface area contributed by atoms with Gasteiger partial charge in [-0.05, 0) is 79.3 Å².